The normalized spacial score (nSPS) is 11.4. The van der Waals surface area contributed by atoms with Crippen molar-refractivity contribution in [3.63, 3.8) is 0 Å². The summed E-state index contributed by atoms with van der Waals surface area (Å²) in [6, 6.07) is 4.82. The highest BCUT2D eigenvalue weighted by Crippen LogP contribution is 2.25. The topological polar surface area (TPSA) is 38.5 Å². The van der Waals surface area contributed by atoms with E-state index in [4.69, 9.17) is 12.2 Å². The molecule has 1 aromatic carbocycles. The third-order valence-electron chi connectivity index (χ3n) is 3.23. The fourth-order valence-electron chi connectivity index (χ4n) is 2.32. The minimum atomic E-state index is -0.300. The van der Waals surface area contributed by atoms with Crippen molar-refractivity contribution < 1.29 is 4.39 Å². The fraction of sp³-hybridized carbons (Fsp3) is 0.231. The quantitative estimate of drug-likeness (QED) is 0.709. The van der Waals surface area contributed by atoms with Crippen molar-refractivity contribution in [2.45, 2.75) is 13.3 Å². The Labute approximate surface area is 128 Å². The molecule has 3 rings (SSSR count). The van der Waals surface area contributed by atoms with Crippen LogP contribution in [0.4, 0.5) is 4.39 Å². The number of aromatic amines is 1. The van der Waals surface area contributed by atoms with E-state index in [1.165, 1.54) is 6.07 Å². The van der Waals surface area contributed by atoms with Crippen LogP contribution in [0.1, 0.15) is 12.6 Å². The Morgan fingerprint density at radius 3 is 2.85 bits per heavy atom. The molecular weight excluding hydrogens is 343 g/mol. The first-order valence-corrected chi connectivity index (χ1v) is 7.35. The van der Waals surface area contributed by atoms with Crippen molar-refractivity contribution in [2.24, 2.45) is 7.05 Å². The number of nitrogens with zero attached hydrogens (tertiary/aromatic N) is 3. The van der Waals surface area contributed by atoms with Gasteiger partial charge in [-0.2, -0.15) is 5.10 Å². The molecule has 0 aliphatic carbocycles. The minimum absolute atomic E-state index is 0.300. The van der Waals surface area contributed by atoms with Gasteiger partial charge < -0.3 is 4.98 Å². The number of halogens is 2. The average molecular weight is 355 g/mol. The molecule has 0 saturated carbocycles. The molecule has 0 aliphatic heterocycles. The molecule has 0 fully saturated rings. The predicted molar refractivity (Wildman–Crippen MR) is 82.3 cm³/mol. The number of hydrogen-bond acceptors (Lipinski definition) is 2. The van der Waals surface area contributed by atoms with Crippen LogP contribution >= 0.6 is 28.1 Å². The molecular formula is C13H12BrFN4S. The number of hydrogen-bond donors (Lipinski definition) is 1. The number of benzene rings is 1. The highest BCUT2D eigenvalue weighted by atomic mass is 79.9. The van der Waals surface area contributed by atoms with Crippen LogP contribution in [0, 0.1) is 10.6 Å². The summed E-state index contributed by atoms with van der Waals surface area (Å²) in [4.78, 5) is 3.19. The molecule has 3 aromatic rings. The molecule has 0 bridgehead atoms. The number of aryl methyl sites for hydroxylation is 2. The van der Waals surface area contributed by atoms with Crippen molar-refractivity contribution in [3.05, 3.63) is 39.0 Å². The Kier molecular flexibility index (Phi) is 3.25. The van der Waals surface area contributed by atoms with Gasteiger partial charge in [0.15, 0.2) is 10.4 Å². The second-order valence-electron chi connectivity index (χ2n) is 4.49. The zero-order valence-electron chi connectivity index (χ0n) is 10.9. The summed E-state index contributed by atoms with van der Waals surface area (Å²) in [7, 11) is 1.87. The molecule has 0 atom stereocenters. The molecule has 104 valence electrons. The summed E-state index contributed by atoms with van der Waals surface area (Å²) in [6.07, 6.45) is 0.819. The zero-order chi connectivity index (χ0) is 14.4. The molecule has 7 heteroatoms. The van der Waals surface area contributed by atoms with Gasteiger partial charge in [0.2, 0.25) is 0 Å². The molecule has 4 nitrogen and oxygen atoms in total. The molecule has 20 heavy (non-hydrogen) atoms. The minimum Gasteiger partial charge on any atom is -0.327 e. The van der Waals surface area contributed by atoms with Gasteiger partial charge in [0.05, 0.1) is 15.9 Å². The Balaban J connectivity index is 2.35. The smallest absolute Gasteiger partial charge is 0.184 e. The fourth-order valence-corrected chi connectivity index (χ4v) is 2.98. The molecule has 0 spiro atoms. The standard InChI is InChI=1S/C13H12BrFN4S/c1-3-10-11-12(18(2)17-10)19(13(20)16-11)7-4-5-9(15)8(14)6-7/h4-6H,3H2,1-2H3,(H,16,20). The summed E-state index contributed by atoms with van der Waals surface area (Å²) in [5, 5.41) is 4.47. The number of rotatable bonds is 2. The number of fused-ring (bicyclic) bond motifs is 1. The van der Waals surface area contributed by atoms with Gasteiger partial charge in [-0.25, -0.2) is 9.07 Å². The van der Waals surface area contributed by atoms with Crippen LogP contribution in [-0.4, -0.2) is 19.3 Å². The molecule has 0 amide bonds. The maximum absolute atomic E-state index is 13.4. The van der Waals surface area contributed by atoms with E-state index in [0.717, 1.165) is 29.0 Å². The van der Waals surface area contributed by atoms with Gasteiger partial charge in [0.1, 0.15) is 11.3 Å². The van der Waals surface area contributed by atoms with Crippen LogP contribution in [-0.2, 0) is 13.5 Å². The van der Waals surface area contributed by atoms with E-state index in [9.17, 15) is 4.39 Å². The van der Waals surface area contributed by atoms with E-state index in [1.807, 2.05) is 18.5 Å². The summed E-state index contributed by atoms with van der Waals surface area (Å²) in [6.45, 7) is 2.05. The molecule has 0 unspecified atom stereocenters. The summed E-state index contributed by atoms with van der Waals surface area (Å²) in [5.41, 5.74) is 3.57. The highest BCUT2D eigenvalue weighted by molar-refractivity contribution is 9.10. The SMILES string of the molecule is CCc1nn(C)c2c1[nH]c(=S)n2-c1ccc(F)c(Br)c1. The Morgan fingerprint density at radius 2 is 2.20 bits per heavy atom. The van der Waals surface area contributed by atoms with Gasteiger partial charge in [-0.1, -0.05) is 6.92 Å². The van der Waals surface area contributed by atoms with Crippen molar-refractivity contribution in [1.29, 1.82) is 0 Å². The van der Waals surface area contributed by atoms with E-state index >= 15 is 0 Å². The third kappa shape index (κ3) is 1.92. The molecule has 1 N–H and O–H groups in total. The molecule has 2 aromatic heterocycles. The Bertz CT molecular complexity index is 861. The number of imidazole rings is 1. The average Bonchev–Trinajstić information content (AvgIpc) is 2.90. The van der Waals surface area contributed by atoms with Crippen molar-refractivity contribution in [3.8, 4) is 5.69 Å². The monoisotopic (exact) mass is 354 g/mol. The lowest BCUT2D eigenvalue weighted by Crippen LogP contribution is -2.01. The van der Waals surface area contributed by atoms with Crippen LogP contribution in [0.5, 0.6) is 0 Å². The molecule has 0 saturated heterocycles. The zero-order valence-corrected chi connectivity index (χ0v) is 13.3. The van der Waals surface area contributed by atoms with Crippen LogP contribution in [0.3, 0.4) is 0 Å². The van der Waals surface area contributed by atoms with Gasteiger partial charge in [-0.05, 0) is 52.8 Å². The van der Waals surface area contributed by atoms with Gasteiger partial charge in [0.25, 0.3) is 0 Å². The van der Waals surface area contributed by atoms with Gasteiger partial charge in [-0.15, -0.1) is 0 Å². The van der Waals surface area contributed by atoms with E-state index < -0.39 is 0 Å². The maximum Gasteiger partial charge on any atom is 0.184 e. The second-order valence-corrected chi connectivity index (χ2v) is 5.73. The van der Waals surface area contributed by atoms with Gasteiger partial charge in [-0.3, -0.25) is 4.57 Å². The van der Waals surface area contributed by atoms with Crippen LogP contribution < -0.4 is 0 Å². The lowest BCUT2D eigenvalue weighted by Gasteiger charge is -2.06. The first-order chi connectivity index (χ1) is 9.52. The first-order valence-electron chi connectivity index (χ1n) is 6.15. The largest absolute Gasteiger partial charge is 0.327 e. The summed E-state index contributed by atoms with van der Waals surface area (Å²) >= 11 is 8.59. The van der Waals surface area contributed by atoms with E-state index in [2.05, 4.69) is 26.0 Å². The maximum atomic E-state index is 13.4. The van der Waals surface area contributed by atoms with Crippen molar-refractivity contribution in [1.82, 2.24) is 19.3 Å². The third-order valence-corrected chi connectivity index (χ3v) is 4.12. The molecule has 0 radical (unpaired) electrons. The van der Waals surface area contributed by atoms with E-state index in [-0.39, 0.29) is 5.82 Å². The number of nitrogens with one attached hydrogen (secondary N) is 1. The van der Waals surface area contributed by atoms with E-state index in [0.29, 0.717) is 9.24 Å². The Morgan fingerprint density at radius 1 is 1.45 bits per heavy atom. The summed E-state index contributed by atoms with van der Waals surface area (Å²) < 4.78 is 18.0. The lowest BCUT2D eigenvalue weighted by molar-refractivity contribution is 0.620. The molecule has 2 heterocycles. The van der Waals surface area contributed by atoms with Crippen LogP contribution in [0.2, 0.25) is 0 Å². The predicted octanol–water partition coefficient (Wildman–Crippen LogP) is 3.89. The van der Waals surface area contributed by atoms with Gasteiger partial charge in [0, 0.05) is 7.05 Å². The highest BCUT2D eigenvalue weighted by Gasteiger charge is 2.15. The molecule has 0 aliphatic rings. The van der Waals surface area contributed by atoms with E-state index in [1.54, 1.807) is 16.8 Å². The van der Waals surface area contributed by atoms with Gasteiger partial charge >= 0.3 is 0 Å². The lowest BCUT2D eigenvalue weighted by atomic mass is 10.3. The summed E-state index contributed by atoms with van der Waals surface area (Å²) in [5.74, 6) is -0.300. The number of aromatic nitrogens is 4. The van der Waals surface area contributed by atoms with Crippen molar-refractivity contribution >= 4 is 39.3 Å². The number of H-pyrrole nitrogens is 1. The van der Waals surface area contributed by atoms with Crippen LogP contribution in [0.15, 0.2) is 22.7 Å². The van der Waals surface area contributed by atoms with Crippen LogP contribution in [0.25, 0.3) is 16.9 Å². The first kappa shape index (κ1) is 13.5. The van der Waals surface area contributed by atoms with Crippen molar-refractivity contribution in [2.75, 3.05) is 0 Å². The second kappa shape index (κ2) is 4.82. The Hall–Kier alpha value is -1.47.